The Kier molecular flexibility index (Phi) is 5.77. The van der Waals surface area contributed by atoms with Gasteiger partial charge in [0, 0.05) is 24.2 Å². The Morgan fingerprint density at radius 2 is 1.85 bits per heavy atom. The number of anilines is 1. The number of hydrogen-bond donors (Lipinski definition) is 1. The first-order valence-corrected chi connectivity index (χ1v) is 11.3. The average molecular weight is 447 g/mol. The first-order valence-electron chi connectivity index (χ1n) is 11.3. The van der Waals surface area contributed by atoms with E-state index in [1.165, 1.54) is 6.26 Å². The van der Waals surface area contributed by atoms with E-state index in [0.717, 1.165) is 41.9 Å². The highest BCUT2D eigenvalue weighted by atomic mass is 16.5. The van der Waals surface area contributed by atoms with Gasteiger partial charge >= 0.3 is 0 Å². The molecule has 1 aromatic heterocycles. The summed E-state index contributed by atoms with van der Waals surface area (Å²) in [6, 6.07) is 14.6. The van der Waals surface area contributed by atoms with Gasteiger partial charge in [-0.05, 0) is 67.3 Å². The topological polar surface area (TPSA) is 81.0 Å². The molecule has 0 spiro atoms. The fourth-order valence-electron chi connectivity index (χ4n) is 4.39. The molecule has 7 heteroatoms. The monoisotopic (exact) mass is 446 g/mol. The summed E-state index contributed by atoms with van der Waals surface area (Å²) >= 11 is 0. The third-order valence-electron chi connectivity index (χ3n) is 6.15. The van der Waals surface area contributed by atoms with Crippen LogP contribution < -0.4 is 14.8 Å². The number of benzene rings is 2. The second-order valence-electron chi connectivity index (χ2n) is 8.37. The molecule has 0 saturated carbocycles. The van der Waals surface area contributed by atoms with Gasteiger partial charge in [-0.25, -0.2) is 0 Å². The second-order valence-corrected chi connectivity index (χ2v) is 8.37. The molecular formula is C26H26N2O5. The summed E-state index contributed by atoms with van der Waals surface area (Å²) < 4.78 is 16.8. The maximum Gasteiger partial charge on any atom is 0.291 e. The van der Waals surface area contributed by atoms with E-state index >= 15 is 0 Å². The van der Waals surface area contributed by atoms with Crippen LogP contribution in [-0.2, 0) is 0 Å². The summed E-state index contributed by atoms with van der Waals surface area (Å²) in [7, 11) is 0. The van der Waals surface area contributed by atoms with E-state index in [0.29, 0.717) is 31.0 Å². The lowest BCUT2D eigenvalue weighted by molar-refractivity contribution is 0.0735. The van der Waals surface area contributed by atoms with Crippen LogP contribution in [0.2, 0.25) is 0 Å². The van der Waals surface area contributed by atoms with E-state index in [-0.39, 0.29) is 23.6 Å². The quantitative estimate of drug-likeness (QED) is 0.611. The number of rotatable bonds is 4. The highest BCUT2D eigenvalue weighted by Gasteiger charge is 2.31. The molecule has 170 valence electrons. The lowest BCUT2D eigenvalue weighted by Crippen LogP contribution is -2.30. The summed E-state index contributed by atoms with van der Waals surface area (Å²) in [5.41, 5.74) is 3.04. The first-order chi connectivity index (χ1) is 16.1. The van der Waals surface area contributed by atoms with Crippen LogP contribution in [0.25, 0.3) is 0 Å². The molecule has 0 radical (unpaired) electrons. The van der Waals surface area contributed by atoms with Crippen molar-refractivity contribution in [2.45, 2.75) is 32.2 Å². The van der Waals surface area contributed by atoms with Crippen LogP contribution >= 0.6 is 0 Å². The fourth-order valence-corrected chi connectivity index (χ4v) is 4.39. The SMILES string of the molecule is Cc1ccc(C(=O)N2CCC[C@H]2c2ccc3c(c2)OCCCO3)cc1NC(=O)c1ccco1. The summed E-state index contributed by atoms with van der Waals surface area (Å²) in [5, 5.41) is 2.85. The van der Waals surface area contributed by atoms with E-state index in [9.17, 15) is 9.59 Å². The molecule has 7 nitrogen and oxygen atoms in total. The Morgan fingerprint density at radius 1 is 1.00 bits per heavy atom. The van der Waals surface area contributed by atoms with Crippen molar-refractivity contribution in [2.75, 3.05) is 25.1 Å². The average Bonchev–Trinajstić information content (AvgIpc) is 3.48. The molecule has 2 aliphatic heterocycles. The van der Waals surface area contributed by atoms with Crippen molar-refractivity contribution in [1.82, 2.24) is 4.90 Å². The molecule has 2 amide bonds. The molecule has 0 bridgehead atoms. The van der Waals surface area contributed by atoms with E-state index in [1.807, 2.05) is 42.2 Å². The minimum atomic E-state index is -0.348. The molecule has 3 heterocycles. The Labute approximate surface area is 192 Å². The molecule has 1 N–H and O–H groups in total. The second kappa shape index (κ2) is 9.02. The van der Waals surface area contributed by atoms with Crippen molar-refractivity contribution in [3.05, 3.63) is 77.2 Å². The van der Waals surface area contributed by atoms with Gasteiger partial charge < -0.3 is 24.1 Å². The van der Waals surface area contributed by atoms with Crippen molar-refractivity contribution in [3.8, 4) is 11.5 Å². The molecule has 0 aliphatic carbocycles. The number of carbonyl (C=O) groups excluding carboxylic acids is 2. The smallest absolute Gasteiger partial charge is 0.291 e. The first kappa shape index (κ1) is 21.1. The van der Waals surface area contributed by atoms with Gasteiger partial charge in [0.1, 0.15) is 0 Å². The predicted octanol–water partition coefficient (Wildman–Crippen LogP) is 4.98. The normalized spacial score (nSPS) is 17.5. The van der Waals surface area contributed by atoms with Crippen LogP contribution in [0.5, 0.6) is 11.5 Å². The van der Waals surface area contributed by atoms with Gasteiger partial charge in [0.25, 0.3) is 11.8 Å². The molecule has 5 rings (SSSR count). The zero-order valence-corrected chi connectivity index (χ0v) is 18.5. The molecule has 3 aromatic rings. The summed E-state index contributed by atoms with van der Waals surface area (Å²) in [4.78, 5) is 27.8. The molecule has 1 atom stereocenters. The van der Waals surface area contributed by atoms with Gasteiger partial charge in [0.2, 0.25) is 0 Å². The Morgan fingerprint density at radius 3 is 2.67 bits per heavy atom. The van der Waals surface area contributed by atoms with Crippen LogP contribution in [0.3, 0.4) is 0 Å². The van der Waals surface area contributed by atoms with E-state index in [2.05, 4.69) is 5.32 Å². The number of nitrogens with one attached hydrogen (secondary N) is 1. The predicted molar refractivity (Wildman–Crippen MR) is 123 cm³/mol. The van der Waals surface area contributed by atoms with Crippen molar-refractivity contribution in [3.63, 3.8) is 0 Å². The summed E-state index contributed by atoms with van der Waals surface area (Å²) in [6.45, 7) is 3.84. The minimum absolute atomic E-state index is 0.0304. The van der Waals surface area contributed by atoms with Gasteiger partial charge in [-0.2, -0.15) is 0 Å². The van der Waals surface area contributed by atoms with Crippen LogP contribution in [0.4, 0.5) is 5.69 Å². The van der Waals surface area contributed by atoms with Crippen LogP contribution in [0.1, 0.15) is 57.3 Å². The molecule has 1 fully saturated rings. The standard InChI is InChI=1S/C26H26N2O5/c1-17-7-8-19(15-20(17)27-25(29)23-6-3-12-32-23)26(30)28-11-2-5-21(28)18-9-10-22-24(16-18)33-14-4-13-31-22/h3,6-10,12,15-16,21H,2,4-5,11,13-14H2,1H3,(H,27,29)/t21-/m0/s1. The molecular weight excluding hydrogens is 420 g/mol. The number of likely N-dealkylation sites (tertiary alicyclic amines) is 1. The van der Waals surface area contributed by atoms with Gasteiger partial charge in [-0.15, -0.1) is 0 Å². The fraction of sp³-hybridized carbons (Fsp3) is 0.308. The molecule has 0 unspecified atom stereocenters. The van der Waals surface area contributed by atoms with Crippen LogP contribution in [-0.4, -0.2) is 36.5 Å². The van der Waals surface area contributed by atoms with E-state index < -0.39 is 0 Å². The van der Waals surface area contributed by atoms with Gasteiger partial charge in [-0.1, -0.05) is 12.1 Å². The minimum Gasteiger partial charge on any atom is -0.490 e. The lowest BCUT2D eigenvalue weighted by Gasteiger charge is -2.26. The maximum absolute atomic E-state index is 13.5. The number of amides is 2. The number of carbonyl (C=O) groups is 2. The highest BCUT2D eigenvalue weighted by Crippen LogP contribution is 2.38. The highest BCUT2D eigenvalue weighted by molar-refractivity contribution is 6.04. The molecule has 2 aliphatic rings. The van der Waals surface area contributed by atoms with Gasteiger partial charge in [0.15, 0.2) is 17.3 Å². The number of hydrogen-bond acceptors (Lipinski definition) is 5. The Hall–Kier alpha value is -3.74. The van der Waals surface area contributed by atoms with Crippen molar-refractivity contribution in [2.24, 2.45) is 0 Å². The third kappa shape index (κ3) is 4.31. The molecule has 33 heavy (non-hydrogen) atoms. The van der Waals surface area contributed by atoms with Crippen molar-refractivity contribution >= 4 is 17.5 Å². The maximum atomic E-state index is 13.5. The number of aryl methyl sites for hydroxylation is 1. The summed E-state index contributed by atoms with van der Waals surface area (Å²) in [6.07, 6.45) is 4.12. The summed E-state index contributed by atoms with van der Waals surface area (Å²) in [5.74, 6) is 1.31. The number of furan rings is 1. The number of ether oxygens (including phenoxy) is 2. The third-order valence-corrected chi connectivity index (χ3v) is 6.15. The van der Waals surface area contributed by atoms with Crippen LogP contribution in [0.15, 0.2) is 59.2 Å². The van der Waals surface area contributed by atoms with E-state index in [1.54, 1.807) is 18.2 Å². The molecule has 1 saturated heterocycles. The lowest BCUT2D eigenvalue weighted by atomic mass is 10.0. The Bertz CT molecular complexity index is 1170. The molecule has 2 aromatic carbocycles. The Balaban J connectivity index is 1.37. The number of fused-ring (bicyclic) bond motifs is 1. The zero-order valence-electron chi connectivity index (χ0n) is 18.5. The van der Waals surface area contributed by atoms with Crippen molar-refractivity contribution in [1.29, 1.82) is 0 Å². The zero-order chi connectivity index (χ0) is 22.8. The number of nitrogens with zero attached hydrogens (tertiary/aromatic N) is 1. The van der Waals surface area contributed by atoms with Gasteiger partial charge in [0.05, 0.1) is 25.5 Å². The largest absolute Gasteiger partial charge is 0.490 e. The van der Waals surface area contributed by atoms with Crippen molar-refractivity contribution < 1.29 is 23.5 Å². The van der Waals surface area contributed by atoms with E-state index in [4.69, 9.17) is 13.9 Å². The van der Waals surface area contributed by atoms with Crippen LogP contribution in [0, 0.1) is 6.92 Å². The van der Waals surface area contributed by atoms with Gasteiger partial charge in [-0.3, -0.25) is 9.59 Å².